The van der Waals surface area contributed by atoms with Gasteiger partial charge in [-0.1, -0.05) is 11.0 Å². The SMILES string of the molecule is Bc1c(C)cc(C(C)=O)cc1F. The zero-order valence-corrected chi connectivity index (χ0v) is 7.44. The molecule has 0 heterocycles. The summed E-state index contributed by atoms with van der Waals surface area (Å²) < 4.78 is 13.0. The van der Waals surface area contributed by atoms with Gasteiger partial charge in [-0.15, -0.1) is 0 Å². The molecule has 0 fully saturated rings. The van der Waals surface area contributed by atoms with E-state index in [1.807, 2.05) is 0 Å². The fourth-order valence-corrected chi connectivity index (χ4v) is 1.02. The van der Waals surface area contributed by atoms with Crippen molar-refractivity contribution >= 4 is 19.1 Å². The lowest BCUT2D eigenvalue weighted by Gasteiger charge is -2.03. The van der Waals surface area contributed by atoms with Crippen LogP contribution in [0.25, 0.3) is 0 Å². The molecule has 0 bridgehead atoms. The van der Waals surface area contributed by atoms with E-state index in [4.69, 9.17) is 0 Å². The van der Waals surface area contributed by atoms with Crippen molar-refractivity contribution in [3.05, 3.63) is 29.1 Å². The normalized spacial score (nSPS) is 9.92. The summed E-state index contributed by atoms with van der Waals surface area (Å²) in [5, 5.41) is 0. The Kier molecular flexibility index (Phi) is 2.31. The van der Waals surface area contributed by atoms with Gasteiger partial charge in [0.1, 0.15) is 13.7 Å². The van der Waals surface area contributed by atoms with Crippen LogP contribution in [0.3, 0.4) is 0 Å². The Morgan fingerprint density at radius 3 is 2.50 bits per heavy atom. The van der Waals surface area contributed by atoms with Gasteiger partial charge in [0, 0.05) is 5.56 Å². The number of hydrogen-bond acceptors (Lipinski definition) is 1. The third-order valence-electron chi connectivity index (χ3n) is 2.01. The summed E-state index contributed by atoms with van der Waals surface area (Å²) >= 11 is 0. The fourth-order valence-electron chi connectivity index (χ4n) is 1.02. The zero-order chi connectivity index (χ0) is 9.30. The maximum absolute atomic E-state index is 13.0. The molecule has 0 aromatic heterocycles. The van der Waals surface area contributed by atoms with Gasteiger partial charge in [0.05, 0.1) is 0 Å². The summed E-state index contributed by atoms with van der Waals surface area (Å²) in [5.74, 6) is -0.405. The number of rotatable bonds is 1. The van der Waals surface area contributed by atoms with E-state index in [9.17, 15) is 9.18 Å². The van der Waals surface area contributed by atoms with Crippen molar-refractivity contribution in [1.29, 1.82) is 0 Å². The van der Waals surface area contributed by atoms with Gasteiger partial charge in [-0.3, -0.25) is 4.79 Å². The number of benzene rings is 1. The fraction of sp³-hybridized carbons (Fsp3) is 0.222. The van der Waals surface area contributed by atoms with Crippen molar-refractivity contribution in [1.82, 2.24) is 0 Å². The standard InChI is InChI=1S/C9H10BFO/c1-5-3-7(6(2)12)4-8(11)9(5)10/h3-4H,10H2,1-2H3. The van der Waals surface area contributed by atoms with Crippen LogP contribution in [-0.2, 0) is 0 Å². The Hall–Kier alpha value is -1.12. The molecule has 1 aromatic carbocycles. The molecule has 1 nitrogen and oxygen atoms in total. The van der Waals surface area contributed by atoms with Gasteiger partial charge in [0.25, 0.3) is 0 Å². The molecular weight excluding hydrogens is 154 g/mol. The number of hydrogen-bond donors (Lipinski definition) is 0. The van der Waals surface area contributed by atoms with Crippen LogP contribution in [-0.4, -0.2) is 13.6 Å². The molecule has 0 aliphatic rings. The van der Waals surface area contributed by atoms with E-state index in [1.54, 1.807) is 20.8 Å². The second-order valence-corrected chi connectivity index (χ2v) is 2.96. The minimum Gasteiger partial charge on any atom is -0.295 e. The lowest BCUT2D eigenvalue weighted by molar-refractivity contribution is 0.101. The quantitative estimate of drug-likeness (QED) is 0.438. The molecule has 0 N–H and O–H groups in total. The molecule has 0 saturated carbocycles. The van der Waals surface area contributed by atoms with Crippen LogP contribution in [0, 0.1) is 12.7 Å². The van der Waals surface area contributed by atoms with Gasteiger partial charge < -0.3 is 0 Å². The number of halogens is 1. The monoisotopic (exact) mass is 164 g/mol. The molecule has 3 heteroatoms. The first-order valence-electron chi connectivity index (χ1n) is 3.80. The highest BCUT2D eigenvalue weighted by Crippen LogP contribution is 2.05. The first-order valence-corrected chi connectivity index (χ1v) is 3.80. The van der Waals surface area contributed by atoms with Gasteiger partial charge in [0.2, 0.25) is 0 Å². The first kappa shape index (κ1) is 8.98. The van der Waals surface area contributed by atoms with Crippen molar-refractivity contribution in [2.24, 2.45) is 0 Å². The van der Waals surface area contributed by atoms with Crippen molar-refractivity contribution in [2.45, 2.75) is 13.8 Å². The van der Waals surface area contributed by atoms with Crippen LogP contribution >= 0.6 is 0 Å². The van der Waals surface area contributed by atoms with Crippen LogP contribution in [0.4, 0.5) is 4.39 Å². The van der Waals surface area contributed by atoms with Gasteiger partial charge in [-0.2, -0.15) is 0 Å². The van der Waals surface area contributed by atoms with E-state index in [0.717, 1.165) is 5.56 Å². The van der Waals surface area contributed by atoms with E-state index in [0.29, 0.717) is 11.0 Å². The predicted octanol–water partition coefficient (Wildman–Crippen LogP) is 0.595. The minimum atomic E-state index is -0.305. The lowest BCUT2D eigenvalue weighted by Crippen LogP contribution is -2.14. The van der Waals surface area contributed by atoms with Crippen molar-refractivity contribution < 1.29 is 9.18 Å². The van der Waals surface area contributed by atoms with E-state index in [-0.39, 0.29) is 11.6 Å². The predicted molar refractivity (Wildman–Crippen MR) is 49.3 cm³/mol. The summed E-state index contributed by atoms with van der Waals surface area (Å²) in [6, 6.07) is 2.99. The number of carbonyl (C=O) groups is 1. The Morgan fingerprint density at radius 1 is 1.50 bits per heavy atom. The summed E-state index contributed by atoms with van der Waals surface area (Å²) in [4.78, 5) is 10.9. The average molecular weight is 164 g/mol. The summed E-state index contributed by atoms with van der Waals surface area (Å²) in [6.45, 7) is 3.23. The van der Waals surface area contributed by atoms with Gasteiger partial charge in [-0.25, -0.2) is 4.39 Å². The Balaban J connectivity index is 3.31. The lowest BCUT2D eigenvalue weighted by atomic mass is 9.89. The van der Waals surface area contributed by atoms with E-state index in [2.05, 4.69) is 0 Å². The van der Waals surface area contributed by atoms with Crippen LogP contribution in [0.5, 0.6) is 0 Å². The number of carbonyl (C=O) groups excluding carboxylic acids is 1. The van der Waals surface area contributed by atoms with E-state index >= 15 is 0 Å². The molecule has 0 radical (unpaired) electrons. The molecule has 0 atom stereocenters. The first-order chi connectivity index (χ1) is 5.52. The Labute approximate surface area is 72.0 Å². The topological polar surface area (TPSA) is 17.1 Å². The number of aryl methyl sites for hydroxylation is 1. The Morgan fingerprint density at radius 2 is 2.08 bits per heavy atom. The third kappa shape index (κ3) is 1.55. The van der Waals surface area contributed by atoms with Gasteiger partial charge in [0.15, 0.2) is 5.78 Å². The molecule has 0 saturated heterocycles. The average Bonchev–Trinajstić information content (AvgIpc) is 1.99. The number of ketones is 1. The van der Waals surface area contributed by atoms with E-state index in [1.165, 1.54) is 13.0 Å². The summed E-state index contributed by atoms with van der Waals surface area (Å²) in [6.07, 6.45) is 0. The maximum Gasteiger partial charge on any atom is 0.159 e. The molecule has 1 aromatic rings. The van der Waals surface area contributed by atoms with Crippen LogP contribution < -0.4 is 5.46 Å². The molecule has 1 rings (SSSR count). The highest BCUT2D eigenvalue weighted by atomic mass is 19.1. The van der Waals surface area contributed by atoms with Gasteiger partial charge >= 0.3 is 0 Å². The second-order valence-electron chi connectivity index (χ2n) is 2.96. The third-order valence-corrected chi connectivity index (χ3v) is 2.01. The highest BCUT2D eigenvalue weighted by Gasteiger charge is 2.05. The maximum atomic E-state index is 13.0. The molecule has 0 spiro atoms. The zero-order valence-electron chi connectivity index (χ0n) is 7.44. The summed E-state index contributed by atoms with van der Waals surface area (Å²) in [5.41, 5.74) is 1.87. The minimum absolute atomic E-state index is 0.1000. The smallest absolute Gasteiger partial charge is 0.159 e. The van der Waals surface area contributed by atoms with Crippen molar-refractivity contribution in [3.63, 3.8) is 0 Å². The largest absolute Gasteiger partial charge is 0.295 e. The summed E-state index contributed by atoms with van der Waals surface area (Å²) in [7, 11) is 1.70. The van der Waals surface area contributed by atoms with Crippen LogP contribution in [0.2, 0.25) is 0 Å². The second kappa shape index (κ2) is 3.09. The van der Waals surface area contributed by atoms with Crippen LogP contribution in [0.1, 0.15) is 22.8 Å². The van der Waals surface area contributed by atoms with Crippen LogP contribution in [0.15, 0.2) is 12.1 Å². The molecule has 0 aliphatic carbocycles. The number of Topliss-reactive ketones (excluding diaryl/α,β-unsaturated/α-hetero) is 1. The van der Waals surface area contributed by atoms with Crippen molar-refractivity contribution in [2.75, 3.05) is 0 Å². The van der Waals surface area contributed by atoms with E-state index < -0.39 is 0 Å². The molecule has 62 valence electrons. The molecule has 0 unspecified atom stereocenters. The molecule has 0 aliphatic heterocycles. The van der Waals surface area contributed by atoms with Gasteiger partial charge in [-0.05, 0) is 26.0 Å². The molecule has 12 heavy (non-hydrogen) atoms. The highest BCUT2D eigenvalue weighted by molar-refractivity contribution is 6.33. The molecular formula is C9H10BFO. The Bertz CT molecular complexity index is 310. The van der Waals surface area contributed by atoms with Crippen molar-refractivity contribution in [3.8, 4) is 0 Å². The molecule has 0 amide bonds.